The summed E-state index contributed by atoms with van der Waals surface area (Å²) in [7, 11) is -3.50. The summed E-state index contributed by atoms with van der Waals surface area (Å²) >= 11 is 0. The van der Waals surface area contributed by atoms with Crippen molar-refractivity contribution >= 4 is 15.7 Å². The third-order valence-electron chi connectivity index (χ3n) is 3.67. The van der Waals surface area contributed by atoms with Crippen molar-refractivity contribution in [2.45, 2.75) is 25.1 Å². The van der Waals surface area contributed by atoms with Gasteiger partial charge in [-0.1, -0.05) is 42.5 Å². The minimum Gasteiger partial charge on any atom is -0.344 e. The minimum atomic E-state index is -3.50. The van der Waals surface area contributed by atoms with E-state index >= 15 is 0 Å². The van der Waals surface area contributed by atoms with Gasteiger partial charge in [0, 0.05) is 0 Å². The number of sulfone groups is 1. The van der Waals surface area contributed by atoms with E-state index in [-0.39, 0.29) is 0 Å². The van der Waals surface area contributed by atoms with Gasteiger partial charge in [-0.25, -0.2) is 12.8 Å². The lowest BCUT2D eigenvalue weighted by Gasteiger charge is -2.20. The highest BCUT2D eigenvalue weighted by molar-refractivity contribution is 7.92. The number of rotatable bonds is 6. The highest BCUT2D eigenvalue weighted by Crippen LogP contribution is 2.22. The SMILES string of the molecule is CC(C)S(=O)(=O)CC(=O)N[C@H](c1ccccc1)c1cccc(F)c1. The molecule has 2 rings (SSSR count). The number of halogens is 1. The van der Waals surface area contributed by atoms with Crippen LogP contribution in [-0.2, 0) is 14.6 Å². The molecule has 4 nitrogen and oxygen atoms in total. The van der Waals surface area contributed by atoms with Gasteiger partial charge in [0.25, 0.3) is 0 Å². The Morgan fingerprint density at radius 1 is 1.04 bits per heavy atom. The molecule has 0 fully saturated rings. The highest BCUT2D eigenvalue weighted by atomic mass is 32.2. The van der Waals surface area contributed by atoms with Crippen LogP contribution < -0.4 is 5.32 Å². The van der Waals surface area contributed by atoms with Crippen LogP contribution in [0.25, 0.3) is 0 Å². The zero-order valence-electron chi connectivity index (χ0n) is 13.6. The van der Waals surface area contributed by atoms with Crippen molar-refractivity contribution < 1.29 is 17.6 Å². The Hall–Kier alpha value is -2.21. The van der Waals surface area contributed by atoms with Gasteiger partial charge in [-0.2, -0.15) is 0 Å². The number of nitrogens with one attached hydrogen (secondary N) is 1. The number of amides is 1. The van der Waals surface area contributed by atoms with Crippen LogP contribution in [0.5, 0.6) is 0 Å². The van der Waals surface area contributed by atoms with Crippen molar-refractivity contribution in [3.8, 4) is 0 Å². The monoisotopic (exact) mass is 349 g/mol. The number of hydrogen-bond donors (Lipinski definition) is 1. The van der Waals surface area contributed by atoms with E-state index < -0.39 is 38.6 Å². The maximum absolute atomic E-state index is 13.5. The van der Waals surface area contributed by atoms with Crippen molar-refractivity contribution in [3.63, 3.8) is 0 Å². The zero-order chi connectivity index (χ0) is 17.7. The Morgan fingerprint density at radius 2 is 1.67 bits per heavy atom. The Bertz CT molecular complexity index is 804. The lowest BCUT2D eigenvalue weighted by Crippen LogP contribution is -2.36. The summed E-state index contributed by atoms with van der Waals surface area (Å²) in [5.41, 5.74) is 1.30. The van der Waals surface area contributed by atoms with Gasteiger partial charge in [0.1, 0.15) is 11.6 Å². The van der Waals surface area contributed by atoms with Gasteiger partial charge >= 0.3 is 0 Å². The lowest BCUT2D eigenvalue weighted by molar-refractivity contribution is -0.119. The molecular formula is C18H20FNO3S. The van der Waals surface area contributed by atoms with Gasteiger partial charge < -0.3 is 5.32 Å². The molecule has 128 valence electrons. The molecular weight excluding hydrogens is 329 g/mol. The zero-order valence-corrected chi connectivity index (χ0v) is 14.4. The van der Waals surface area contributed by atoms with Crippen LogP contribution in [0.2, 0.25) is 0 Å². The third kappa shape index (κ3) is 4.64. The molecule has 0 unspecified atom stereocenters. The van der Waals surface area contributed by atoms with Crippen LogP contribution in [0.1, 0.15) is 31.0 Å². The molecule has 0 spiro atoms. The van der Waals surface area contributed by atoms with Crippen LogP contribution in [0.15, 0.2) is 54.6 Å². The molecule has 1 amide bonds. The second kappa shape index (κ2) is 7.57. The number of benzene rings is 2. The standard InChI is InChI=1S/C18H20FNO3S/c1-13(2)24(22,23)12-17(21)20-18(14-7-4-3-5-8-14)15-9-6-10-16(19)11-15/h3-11,13,18H,12H2,1-2H3,(H,20,21)/t18-/m1/s1. The molecule has 0 saturated carbocycles. The maximum Gasteiger partial charge on any atom is 0.235 e. The van der Waals surface area contributed by atoms with Gasteiger partial charge in [0.15, 0.2) is 9.84 Å². The molecule has 6 heteroatoms. The Morgan fingerprint density at radius 3 is 2.25 bits per heavy atom. The first-order valence-electron chi connectivity index (χ1n) is 7.61. The highest BCUT2D eigenvalue weighted by Gasteiger charge is 2.24. The van der Waals surface area contributed by atoms with Crippen molar-refractivity contribution in [1.82, 2.24) is 5.32 Å². The van der Waals surface area contributed by atoms with Gasteiger partial charge in [-0.15, -0.1) is 0 Å². The maximum atomic E-state index is 13.5. The molecule has 24 heavy (non-hydrogen) atoms. The summed E-state index contributed by atoms with van der Waals surface area (Å²) in [6.07, 6.45) is 0. The topological polar surface area (TPSA) is 63.2 Å². The third-order valence-corrected chi connectivity index (χ3v) is 5.77. The first-order chi connectivity index (χ1) is 11.3. The minimum absolute atomic E-state index is 0.419. The average Bonchev–Trinajstić information content (AvgIpc) is 2.53. The molecule has 0 aromatic heterocycles. The largest absolute Gasteiger partial charge is 0.344 e. The Labute approximate surface area is 141 Å². The van der Waals surface area contributed by atoms with Gasteiger partial charge in [-0.05, 0) is 37.1 Å². The van der Waals surface area contributed by atoms with Crippen LogP contribution >= 0.6 is 0 Å². The fourth-order valence-electron chi connectivity index (χ4n) is 2.24. The smallest absolute Gasteiger partial charge is 0.235 e. The van der Waals surface area contributed by atoms with Gasteiger partial charge in [0.2, 0.25) is 5.91 Å². The summed E-state index contributed by atoms with van der Waals surface area (Å²) < 4.78 is 37.4. The fourth-order valence-corrected chi connectivity index (χ4v) is 3.02. The Kier molecular flexibility index (Phi) is 5.72. The number of hydrogen-bond acceptors (Lipinski definition) is 3. The molecule has 1 atom stereocenters. The second-order valence-electron chi connectivity index (χ2n) is 5.82. The molecule has 2 aromatic rings. The predicted molar refractivity (Wildman–Crippen MR) is 91.8 cm³/mol. The first-order valence-corrected chi connectivity index (χ1v) is 9.32. The second-order valence-corrected chi connectivity index (χ2v) is 8.38. The fraction of sp³-hybridized carbons (Fsp3) is 0.278. The summed E-state index contributed by atoms with van der Waals surface area (Å²) in [6.45, 7) is 3.06. The summed E-state index contributed by atoms with van der Waals surface area (Å²) in [6, 6.07) is 14.3. The molecule has 0 aliphatic rings. The van der Waals surface area contributed by atoms with Crippen LogP contribution in [-0.4, -0.2) is 25.3 Å². The number of carbonyl (C=O) groups is 1. The normalized spacial score (nSPS) is 12.8. The van der Waals surface area contributed by atoms with E-state index in [2.05, 4.69) is 5.32 Å². The first kappa shape index (κ1) is 18.1. The summed E-state index contributed by atoms with van der Waals surface area (Å²) in [5.74, 6) is -1.62. The molecule has 2 aromatic carbocycles. The predicted octanol–water partition coefficient (Wildman–Crippen LogP) is 2.85. The van der Waals surface area contributed by atoms with E-state index in [9.17, 15) is 17.6 Å². The van der Waals surface area contributed by atoms with Crippen LogP contribution in [0.3, 0.4) is 0 Å². The molecule has 0 saturated heterocycles. The lowest BCUT2D eigenvalue weighted by atomic mass is 9.98. The van der Waals surface area contributed by atoms with E-state index in [0.717, 1.165) is 5.56 Å². The molecule has 0 heterocycles. The van der Waals surface area contributed by atoms with E-state index in [1.54, 1.807) is 36.4 Å². The van der Waals surface area contributed by atoms with E-state index in [4.69, 9.17) is 0 Å². The number of carbonyl (C=O) groups excluding carboxylic acids is 1. The van der Waals surface area contributed by atoms with Crippen molar-refractivity contribution in [1.29, 1.82) is 0 Å². The molecule has 0 radical (unpaired) electrons. The average molecular weight is 349 g/mol. The van der Waals surface area contributed by atoms with E-state index in [0.29, 0.717) is 5.56 Å². The van der Waals surface area contributed by atoms with Crippen molar-refractivity contribution in [2.75, 3.05) is 5.75 Å². The molecule has 1 N–H and O–H groups in total. The van der Waals surface area contributed by atoms with Gasteiger partial charge in [0.05, 0.1) is 11.3 Å². The summed E-state index contributed by atoms with van der Waals surface area (Å²) in [5, 5.41) is 2.07. The Balaban J connectivity index is 2.29. The quantitative estimate of drug-likeness (QED) is 0.872. The van der Waals surface area contributed by atoms with E-state index in [1.807, 2.05) is 6.07 Å². The van der Waals surface area contributed by atoms with Crippen molar-refractivity contribution in [2.24, 2.45) is 0 Å². The molecule has 0 bridgehead atoms. The van der Waals surface area contributed by atoms with Gasteiger partial charge in [-0.3, -0.25) is 4.79 Å². The van der Waals surface area contributed by atoms with E-state index in [1.165, 1.54) is 26.0 Å². The van der Waals surface area contributed by atoms with Crippen LogP contribution in [0, 0.1) is 5.82 Å². The molecule has 0 aliphatic carbocycles. The van der Waals surface area contributed by atoms with Crippen molar-refractivity contribution in [3.05, 3.63) is 71.5 Å². The van der Waals surface area contributed by atoms with Crippen LogP contribution in [0.4, 0.5) is 4.39 Å². The molecule has 0 aliphatic heterocycles. The summed E-state index contributed by atoms with van der Waals surface area (Å²) in [4.78, 5) is 12.2.